The Hall–Kier alpha value is -3.00. The monoisotopic (exact) mass is 326 g/mol. The van der Waals surface area contributed by atoms with Gasteiger partial charge in [-0.3, -0.25) is 14.3 Å². The van der Waals surface area contributed by atoms with Gasteiger partial charge in [0.25, 0.3) is 11.5 Å². The number of rotatable bonds is 2. The van der Waals surface area contributed by atoms with Gasteiger partial charge in [-0.1, -0.05) is 6.07 Å². The van der Waals surface area contributed by atoms with Crippen LogP contribution in [-0.2, 0) is 15.8 Å². The van der Waals surface area contributed by atoms with Crippen LogP contribution in [0, 0.1) is 0 Å². The summed E-state index contributed by atoms with van der Waals surface area (Å²) in [5.41, 5.74) is 1.85. The van der Waals surface area contributed by atoms with Gasteiger partial charge in [0, 0.05) is 23.2 Å². The summed E-state index contributed by atoms with van der Waals surface area (Å²) in [5.74, 6) is -0.408. The summed E-state index contributed by atoms with van der Waals surface area (Å²) in [6.45, 7) is 0. The third kappa shape index (κ3) is 2.20. The summed E-state index contributed by atoms with van der Waals surface area (Å²) in [7, 11) is -1.61. The van der Waals surface area contributed by atoms with Gasteiger partial charge in [-0.15, -0.1) is 0 Å². The number of carbonyl (C=O) groups excluding carboxylic acids is 1. The lowest BCUT2D eigenvalue weighted by Crippen LogP contribution is -2.17. The molecule has 0 saturated heterocycles. The van der Waals surface area contributed by atoms with E-state index in [0.717, 1.165) is 10.9 Å². The third-order valence-corrected chi connectivity index (χ3v) is 4.60. The van der Waals surface area contributed by atoms with Crippen LogP contribution in [0.1, 0.15) is 0 Å². The highest BCUT2D eigenvalue weighted by atomic mass is 32.2. The van der Waals surface area contributed by atoms with Crippen LogP contribution in [0.3, 0.4) is 0 Å². The molecule has 114 valence electrons. The van der Waals surface area contributed by atoms with Crippen molar-refractivity contribution in [3.63, 3.8) is 0 Å². The number of hydrogen-bond donors (Lipinski definition) is 2. The Bertz CT molecular complexity index is 1060. The summed E-state index contributed by atoms with van der Waals surface area (Å²) < 4.78 is 15.6. The highest BCUT2D eigenvalue weighted by Gasteiger charge is 2.23. The van der Waals surface area contributed by atoms with Gasteiger partial charge in [-0.25, -0.2) is 8.89 Å². The highest BCUT2D eigenvalue weighted by Crippen LogP contribution is 2.25. The van der Waals surface area contributed by atoms with Crippen molar-refractivity contribution in [3.8, 4) is 11.1 Å². The van der Waals surface area contributed by atoms with Crippen LogP contribution in [0.4, 0.5) is 0 Å². The van der Waals surface area contributed by atoms with Gasteiger partial charge in [0.15, 0.2) is 16.0 Å². The molecule has 0 fully saturated rings. The molecule has 2 aromatic heterocycles. The minimum absolute atomic E-state index is 0.173. The van der Waals surface area contributed by atoms with E-state index in [9.17, 15) is 13.8 Å². The number of nitrogens with one attached hydrogen (secondary N) is 2. The Morgan fingerprint density at radius 3 is 2.78 bits per heavy atom. The molecule has 3 heterocycles. The molecule has 0 radical (unpaired) electrons. The lowest BCUT2D eigenvalue weighted by Gasteiger charge is -2.04. The molecule has 0 aliphatic carbocycles. The van der Waals surface area contributed by atoms with Gasteiger partial charge in [0.05, 0.1) is 11.7 Å². The average Bonchev–Trinajstić information content (AvgIpc) is 3.09. The number of aromatic amines is 1. The molecule has 1 atom stereocenters. The van der Waals surface area contributed by atoms with E-state index in [1.165, 1.54) is 10.8 Å². The summed E-state index contributed by atoms with van der Waals surface area (Å²) in [6.07, 6.45) is 4.45. The molecule has 0 saturated carbocycles. The average molecular weight is 326 g/mol. The number of amides is 1. The second-order valence-electron chi connectivity index (χ2n) is 4.96. The Balaban J connectivity index is 1.86. The molecular weight excluding hydrogens is 316 g/mol. The van der Waals surface area contributed by atoms with E-state index in [2.05, 4.69) is 14.8 Å². The molecule has 1 unspecified atom stereocenters. The van der Waals surface area contributed by atoms with Gasteiger partial charge >= 0.3 is 0 Å². The van der Waals surface area contributed by atoms with E-state index in [-0.39, 0.29) is 10.6 Å². The molecule has 2 N–H and O–H groups in total. The number of fused-ring (bicyclic) bond motifs is 1. The molecule has 0 bridgehead atoms. The fourth-order valence-corrected chi connectivity index (χ4v) is 3.37. The Labute approximate surface area is 132 Å². The smallest absolute Gasteiger partial charge is 0.258 e. The fraction of sp³-hybridized carbons (Fsp3) is 0. The number of nitrogens with zero attached hydrogens (tertiary/aromatic N) is 2. The maximum absolute atomic E-state index is 11.9. The summed E-state index contributed by atoms with van der Waals surface area (Å²) in [5, 5.41) is 5.26. The topological polar surface area (TPSA) is 96.8 Å². The largest absolute Gasteiger partial charge is 0.329 e. The SMILES string of the molecule is O=C1C=C(n2ncc3cc(-c4ccc[nH]c4=O)ccc32)S(=O)N1. The first-order chi connectivity index (χ1) is 11.1. The molecular formula is C15H10N4O3S. The van der Waals surface area contributed by atoms with Crippen molar-refractivity contribution in [3.05, 3.63) is 59.2 Å². The minimum atomic E-state index is -1.61. The maximum Gasteiger partial charge on any atom is 0.258 e. The maximum atomic E-state index is 11.9. The van der Waals surface area contributed by atoms with Crippen LogP contribution in [0.2, 0.25) is 0 Å². The first-order valence-corrected chi connectivity index (χ1v) is 7.89. The van der Waals surface area contributed by atoms with Crippen LogP contribution < -0.4 is 10.3 Å². The summed E-state index contributed by atoms with van der Waals surface area (Å²) in [6, 6.07) is 8.90. The van der Waals surface area contributed by atoms with Crippen molar-refractivity contribution in [2.24, 2.45) is 0 Å². The van der Waals surface area contributed by atoms with Crippen molar-refractivity contribution in [2.45, 2.75) is 0 Å². The van der Waals surface area contributed by atoms with Crippen molar-refractivity contribution in [1.29, 1.82) is 0 Å². The fourth-order valence-electron chi connectivity index (χ4n) is 2.50. The van der Waals surface area contributed by atoms with Crippen LogP contribution in [0.25, 0.3) is 27.1 Å². The lowest BCUT2D eigenvalue weighted by molar-refractivity contribution is -0.114. The molecule has 4 rings (SSSR count). The van der Waals surface area contributed by atoms with Crippen LogP contribution in [0.15, 0.2) is 53.6 Å². The molecule has 1 amide bonds. The van der Waals surface area contributed by atoms with Crippen molar-refractivity contribution >= 4 is 32.8 Å². The zero-order valence-corrected chi connectivity index (χ0v) is 12.5. The number of pyridine rings is 1. The summed E-state index contributed by atoms with van der Waals surface area (Å²) in [4.78, 5) is 25.8. The second kappa shape index (κ2) is 5.03. The van der Waals surface area contributed by atoms with Crippen LogP contribution >= 0.6 is 0 Å². The molecule has 23 heavy (non-hydrogen) atoms. The van der Waals surface area contributed by atoms with E-state index in [4.69, 9.17) is 0 Å². The molecule has 1 aliphatic rings. The molecule has 8 heteroatoms. The van der Waals surface area contributed by atoms with E-state index >= 15 is 0 Å². The van der Waals surface area contributed by atoms with Gasteiger partial charge in [0.1, 0.15) is 0 Å². The van der Waals surface area contributed by atoms with E-state index < -0.39 is 16.9 Å². The zero-order chi connectivity index (χ0) is 16.0. The number of benzene rings is 1. The van der Waals surface area contributed by atoms with Crippen LogP contribution in [-0.4, -0.2) is 24.9 Å². The standard InChI is InChI=1S/C15H10N4O3S/c20-13-7-14(23(22)18-13)19-12-4-3-9(6-10(12)8-17-19)11-2-1-5-16-15(11)21/h1-8H,(H,16,21)(H,18,20). The van der Waals surface area contributed by atoms with Gasteiger partial charge in [-0.05, 0) is 29.8 Å². The molecule has 1 aliphatic heterocycles. The predicted octanol–water partition coefficient (Wildman–Crippen LogP) is 0.984. The molecule has 0 spiro atoms. The second-order valence-corrected chi connectivity index (χ2v) is 6.12. The lowest BCUT2D eigenvalue weighted by atomic mass is 10.1. The third-order valence-electron chi connectivity index (χ3n) is 3.54. The molecule has 1 aromatic carbocycles. The van der Waals surface area contributed by atoms with Gasteiger partial charge in [-0.2, -0.15) is 5.10 Å². The van der Waals surface area contributed by atoms with Crippen LogP contribution in [0.5, 0.6) is 0 Å². The van der Waals surface area contributed by atoms with E-state index in [1.54, 1.807) is 36.7 Å². The quantitative estimate of drug-likeness (QED) is 0.734. The number of carbonyl (C=O) groups is 1. The number of hydrogen-bond acceptors (Lipinski definition) is 4. The number of aromatic nitrogens is 3. The predicted molar refractivity (Wildman–Crippen MR) is 86.3 cm³/mol. The normalized spacial score (nSPS) is 17.3. The molecule has 7 nitrogen and oxygen atoms in total. The van der Waals surface area contributed by atoms with Crippen molar-refractivity contribution in [1.82, 2.24) is 19.5 Å². The van der Waals surface area contributed by atoms with E-state index in [0.29, 0.717) is 11.1 Å². The first kappa shape index (κ1) is 13.6. The zero-order valence-electron chi connectivity index (χ0n) is 11.6. The van der Waals surface area contributed by atoms with E-state index in [1.807, 2.05) is 6.07 Å². The Morgan fingerprint density at radius 1 is 1.17 bits per heavy atom. The van der Waals surface area contributed by atoms with Crippen molar-refractivity contribution < 1.29 is 9.00 Å². The highest BCUT2D eigenvalue weighted by molar-refractivity contribution is 7.93. The first-order valence-electron chi connectivity index (χ1n) is 6.74. The summed E-state index contributed by atoms with van der Waals surface area (Å²) >= 11 is 0. The van der Waals surface area contributed by atoms with Crippen molar-refractivity contribution in [2.75, 3.05) is 0 Å². The minimum Gasteiger partial charge on any atom is -0.329 e. The van der Waals surface area contributed by atoms with Gasteiger partial charge in [0.2, 0.25) is 0 Å². The molecule has 3 aromatic rings. The Kier molecular flexibility index (Phi) is 2.98. The van der Waals surface area contributed by atoms with Gasteiger partial charge < -0.3 is 4.98 Å². The Morgan fingerprint density at radius 2 is 2.04 bits per heavy atom. The number of H-pyrrole nitrogens is 1.